The number of aliphatic hydroxyl groups is 1. The minimum absolute atomic E-state index is 0.0460. The van der Waals surface area contributed by atoms with Crippen LogP contribution in [0.2, 0.25) is 0 Å². The summed E-state index contributed by atoms with van der Waals surface area (Å²) in [7, 11) is 0. The summed E-state index contributed by atoms with van der Waals surface area (Å²) in [6, 6.07) is 13.5. The van der Waals surface area contributed by atoms with Gasteiger partial charge in [0.2, 0.25) is 5.78 Å². The third-order valence-corrected chi connectivity index (χ3v) is 5.24. The lowest BCUT2D eigenvalue weighted by molar-refractivity contribution is 0.103. The highest BCUT2D eigenvalue weighted by molar-refractivity contribution is 7.16. The van der Waals surface area contributed by atoms with Crippen molar-refractivity contribution in [2.45, 2.75) is 13.5 Å². The van der Waals surface area contributed by atoms with Gasteiger partial charge in [-0.1, -0.05) is 24.3 Å². The molecule has 5 heteroatoms. The van der Waals surface area contributed by atoms with Gasteiger partial charge in [0.1, 0.15) is 10.5 Å². The maximum Gasteiger partial charge on any atom is 0.213 e. The second-order valence-electron chi connectivity index (χ2n) is 5.69. The van der Waals surface area contributed by atoms with Crippen molar-refractivity contribution in [2.24, 2.45) is 0 Å². The molecule has 1 aromatic carbocycles. The van der Waals surface area contributed by atoms with Gasteiger partial charge >= 0.3 is 0 Å². The summed E-state index contributed by atoms with van der Waals surface area (Å²) < 4.78 is 2.01. The minimum atomic E-state index is -0.0710. The molecule has 0 unspecified atom stereocenters. The maximum absolute atomic E-state index is 13.1. The number of aliphatic hydroxyl groups excluding tert-OH is 1. The van der Waals surface area contributed by atoms with E-state index in [1.807, 2.05) is 53.3 Å². The van der Waals surface area contributed by atoms with Crippen LogP contribution in [0.15, 0.2) is 47.8 Å². The van der Waals surface area contributed by atoms with Crippen LogP contribution < -0.4 is 0 Å². The normalized spacial score (nSPS) is 11.4. The summed E-state index contributed by atoms with van der Waals surface area (Å²) in [6.07, 6.45) is 0. The molecule has 0 aliphatic rings. The van der Waals surface area contributed by atoms with Gasteiger partial charge < -0.3 is 9.67 Å². The molecule has 3 heterocycles. The molecule has 0 fully saturated rings. The lowest BCUT2D eigenvalue weighted by Gasteiger charge is -2.06. The summed E-state index contributed by atoms with van der Waals surface area (Å²) >= 11 is 1.58. The summed E-state index contributed by atoms with van der Waals surface area (Å²) in [6.45, 7) is 2.46. The lowest BCUT2D eigenvalue weighted by atomic mass is 10.0. The van der Waals surface area contributed by atoms with E-state index < -0.39 is 0 Å². The number of carbonyl (C=O) groups excluding carboxylic acids is 1. The minimum Gasteiger partial charge on any atom is -0.395 e. The van der Waals surface area contributed by atoms with Crippen LogP contribution in [0.5, 0.6) is 0 Å². The van der Waals surface area contributed by atoms with Crippen molar-refractivity contribution < 1.29 is 9.90 Å². The standard InChI is InChI=1S/C19H16N2O2S/c1-12-17(14-8-11-24-19(14)21(12)9-10-22)18(23)16-7-6-13-4-2-3-5-15(13)20-16/h2-8,11,22H,9-10H2,1H3. The van der Waals surface area contributed by atoms with E-state index in [1.54, 1.807) is 17.4 Å². The Balaban J connectivity index is 1.88. The third-order valence-electron chi connectivity index (χ3n) is 4.31. The van der Waals surface area contributed by atoms with E-state index in [4.69, 9.17) is 0 Å². The van der Waals surface area contributed by atoms with E-state index in [1.165, 1.54) is 0 Å². The SMILES string of the molecule is Cc1c(C(=O)c2ccc3ccccc3n2)c2ccsc2n1CCO. The van der Waals surface area contributed by atoms with Crippen LogP contribution in [-0.4, -0.2) is 27.0 Å². The Morgan fingerprint density at radius 1 is 1.21 bits per heavy atom. The van der Waals surface area contributed by atoms with E-state index in [-0.39, 0.29) is 12.4 Å². The van der Waals surface area contributed by atoms with Crippen molar-refractivity contribution in [3.63, 3.8) is 0 Å². The Morgan fingerprint density at radius 2 is 2.04 bits per heavy atom. The van der Waals surface area contributed by atoms with E-state index >= 15 is 0 Å². The first-order chi connectivity index (χ1) is 11.7. The van der Waals surface area contributed by atoms with Gasteiger partial charge in [0.25, 0.3) is 0 Å². The zero-order valence-corrected chi connectivity index (χ0v) is 14.0. The van der Waals surface area contributed by atoms with Crippen molar-refractivity contribution in [1.29, 1.82) is 0 Å². The van der Waals surface area contributed by atoms with Crippen LogP contribution in [0.25, 0.3) is 21.1 Å². The number of para-hydroxylation sites is 1. The molecule has 0 saturated carbocycles. The molecule has 0 amide bonds. The molecule has 4 aromatic rings. The van der Waals surface area contributed by atoms with Gasteiger partial charge in [0.05, 0.1) is 17.7 Å². The third kappa shape index (κ3) is 2.25. The van der Waals surface area contributed by atoms with Crippen LogP contribution >= 0.6 is 11.3 Å². The number of thiophene rings is 1. The van der Waals surface area contributed by atoms with E-state index in [0.717, 1.165) is 26.8 Å². The number of carbonyl (C=O) groups is 1. The number of benzene rings is 1. The maximum atomic E-state index is 13.1. The van der Waals surface area contributed by atoms with Gasteiger partial charge in [-0.25, -0.2) is 4.98 Å². The Morgan fingerprint density at radius 3 is 2.88 bits per heavy atom. The molecule has 0 bridgehead atoms. The highest BCUT2D eigenvalue weighted by atomic mass is 32.1. The zero-order valence-electron chi connectivity index (χ0n) is 13.2. The fourth-order valence-electron chi connectivity index (χ4n) is 3.16. The quantitative estimate of drug-likeness (QED) is 0.577. The molecule has 0 aliphatic carbocycles. The number of nitrogens with zero attached hydrogens (tertiary/aromatic N) is 2. The number of aromatic nitrogens is 2. The van der Waals surface area contributed by atoms with Gasteiger partial charge in [-0.05, 0) is 30.5 Å². The summed E-state index contributed by atoms with van der Waals surface area (Å²) in [5.74, 6) is -0.0710. The van der Waals surface area contributed by atoms with Crippen molar-refractivity contribution in [1.82, 2.24) is 9.55 Å². The van der Waals surface area contributed by atoms with Crippen LogP contribution in [0.1, 0.15) is 21.7 Å². The van der Waals surface area contributed by atoms with Crippen LogP contribution in [-0.2, 0) is 6.54 Å². The molecule has 1 N–H and O–H groups in total. The number of pyridine rings is 1. The number of hydrogen-bond acceptors (Lipinski definition) is 4. The summed E-state index contributed by atoms with van der Waals surface area (Å²) in [5.41, 5.74) is 2.83. The Labute approximate surface area is 143 Å². The van der Waals surface area contributed by atoms with Crippen molar-refractivity contribution in [2.75, 3.05) is 6.61 Å². The molecular weight excluding hydrogens is 320 g/mol. The van der Waals surface area contributed by atoms with E-state index in [2.05, 4.69) is 4.98 Å². The predicted octanol–water partition coefficient (Wildman–Crippen LogP) is 3.78. The molecule has 0 spiro atoms. The van der Waals surface area contributed by atoms with E-state index in [9.17, 15) is 9.90 Å². The second-order valence-corrected chi connectivity index (χ2v) is 6.59. The molecule has 4 nitrogen and oxygen atoms in total. The average molecular weight is 336 g/mol. The van der Waals surface area contributed by atoms with Gasteiger partial charge in [-0.15, -0.1) is 11.3 Å². The molecule has 0 radical (unpaired) electrons. The predicted molar refractivity (Wildman–Crippen MR) is 96.8 cm³/mol. The van der Waals surface area contributed by atoms with Gasteiger partial charge in [0.15, 0.2) is 0 Å². The second kappa shape index (κ2) is 5.85. The highest BCUT2D eigenvalue weighted by Crippen LogP contribution is 2.31. The average Bonchev–Trinajstić information content (AvgIpc) is 3.16. The summed E-state index contributed by atoms with van der Waals surface area (Å²) in [4.78, 5) is 18.7. The van der Waals surface area contributed by atoms with Crippen molar-refractivity contribution in [3.05, 3.63) is 64.8 Å². The zero-order chi connectivity index (χ0) is 16.7. The number of ketones is 1. The number of hydrogen-bond donors (Lipinski definition) is 1. The first-order valence-corrected chi connectivity index (χ1v) is 8.66. The number of rotatable bonds is 4. The Bertz CT molecular complexity index is 1060. The van der Waals surface area contributed by atoms with Gasteiger partial charge in [-0.3, -0.25) is 4.79 Å². The van der Waals surface area contributed by atoms with Crippen LogP contribution in [0.3, 0.4) is 0 Å². The van der Waals surface area contributed by atoms with Crippen molar-refractivity contribution >= 4 is 38.2 Å². The largest absolute Gasteiger partial charge is 0.395 e. The lowest BCUT2D eigenvalue weighted by Crippen LogP contribution is -2.08. The summed E-state index contributed by atoms with van der Waals surface area (Å²) in [5, 5.41) is 13.2. The fraction of sp³-hybridized carbons (Fsp3) is 0.158. The topological polar surface area (TPSA) is 55.1 Å². The van der Waals surface area contributed by atoms with Crippen LogP contribution in [0, 0.1) is 6.92 Å². The molecule has 24 heavy (non-hydrogen) atoms. The number of fused-ring (bicyclic) bond motifs is 2. The fourth-order valence-corrected chi connectivity index (χ4v) is 4.14. The molecule has 4 rings (SSSR count). The molecular formula is C19H16N2O2S. The highest BCUT2D eigenvalue weighted by Gasteiger charge is 2.22. The van der Waals surface area contributed by atoms with Crippen LogP contribution in [0.4, 0.5) is 0 Å². The molecule has 0 saturated heterocycles. The molecule has 3 aromatic heterocycles. The Kier molecular flexibility index (Phi) is 3.67. The van der Waals surface area contributed by atoms with Gasteiger partial charge in [0, 0.05) is 23.0 Å². The molecule has 120 valence electrons. The smallest absolute Gasteiger partial charge is 0.213 e. The first kappa shape index (κ1) is 15.1. The van der Waals surface area contributed by atoms with E-state index in [0.29, 0.717) is 17.8 Å². The molecule has 0 atom stereocenters. The monoisotopic (exact) mass is 336 g/mol. The molecule has 0 aliphatic heterocycles. The first-order valence-electron chi connectivity index (χ1n) is 7.78. The Hall–Kier alpha value is -2.50. The van der Waals surface area contributed by atoms with Crippen molar-refractivity contribution in [3.8, 4) is 0 Å². The van der Waals surface area contributed by atoms with Gasteiger partial charge in [-0.2, -0.15) is 0 Å².